The summed E-state index contributed by atoms with van der Waals surface area (Å²) in [6.07, 6.45) is -2.59. The van der Waals surface area contributed by atoms with E-state index in [4.69, 9.17) is 5.73 Å². The predicted octanol–water partition coefficient (Wildman–Crippen LogP) is 3.20. The molecular formula is C9H11ClF3N. The molecule has 0 saturated carbocycles. The maximum absolute atomic E-state index is 13.0. The Hall–Kier alpha value is -0.740. The van der Waals surface area contributed by atoms with Crippen molar-refractivity contribution >= 4 is 12.4 Å². The molecule has 0 saturated heterocycles. The van der Waals surface area contributed by atoms with Crippen LogP contribution < -0.4 is 5.73 Å². The molecule has 0 unspecified atom stereocenters. The quantitative estimate of drug-likeness (QED) is 0.822. The summed E-state index contributed by atoms with van der Waals surface area (Å²) < 4.78 is 37.3. The van der Waals surface area contributed by atoms with Crippen LogP contribution in [-0.2, 0) is 0 Å². The molecule has 80 valence electrons. The van der Waals surface area contributed by atoms with E-state index in [0.29, 0.717) is 0 Å². The highest BCUT2D eigenvalue weighted by Crippen LogP contribution is 2.23. The third kappa shape index (κ3) is 2.89. The van der Waals surface area contributed by atoms with Crippen LogP contribution in [0.15, 0.2) is 18.2 Å². The molecule has 0 spiro atoms. The van der Waals surface area contributed by atoms with Gasteiger partial charge in [-0.3, -0.25) is 0 Å². The van der Waals surface area contributed by atoms with E-state index in [-0.39, 0.29) is 23.5 Å². The van der Waals surface area contributed by atoms with Gasteiger partial charge in [0.15, 0.2) is 0 Å². The first-order valence-corrected chi connectivity index (χ1v) is 3.85. The standard InChI is InChI=1S/C9H10F3N.ClH/c1-5(13)7-4-6(9(11)12)2-3-8(7)10;/h2-5,9H,13H2,1H3;1H/t5-;/m0./s1. The van der Waals surface area contributed by atoms with Crippen molar-refractivity contribution < 1.29 is 13.2 Å². The number of nitrogens with two attached hydrogens (primary N) is 1. The van der Waals surface area contributed by atoms with E-state index < -0.39 is 18.3 Å². The van der Waals surface area contributed by atoms with Crippen molar-refractivity contribution in [1.82, 2.24) is 0 Å². The molecule has 1 nitrogen and oxygen atoms in total. The van der Waals surface area contributed by atoms with Crippen molar-refractivity contribution in [1.29, 1.82) is 0 Å². The molecule has 14 heavy (non-hydrogen) atoms. The summed E-state index contributed by atoms with van der Waals surface area (Å²) in [4.78, 5) is 0. The molecule has 0 aliphatic heterocycles. The first-order chi connectivity index (χ1) is 6.02. The van der Waals surface area contributed by atoms with Crippen molar-refractivity contribution in [2.45, 2.75) is 19.4 Å². The Bertz CT molecular complexity index is 302. The van der Waals surface area contributed by atoms with Crippen molar-refractivity contribution in [3.8, 4) is 0 Å². The smallest absolute Gasteiger partial charge is 0.263 e. The number of rotatable bonds is 2. The number of halogens is 4. The molecule has 0 heterocycles. The Kier molecular flexibility index (Phi) is 4.94. The molecule has 1 atom stereocenters. The molecule has 0 radical (unpaired) electrons. The molecule has 1 rings (SSSR count). The molecular weight excluding hydrogens is 215 g/mol. The third-order valence-electron chi connectivity index (χ3n) is 1.76. The van der Waals surface area contributed by atoms with Crippen molar-refractivity contribution in [2.75, 3.05) is 0 Å². The molecule has 2 N–H and O–H groups in total. The predicted molar refractivity (Wildman–Crippen MR) is 51.2 cm³/mol. The summed E-state index contributed by atoms with van der Waals surface area (Å²) in [6, 6.07) is 2.61. The summed E-state index contributed by atoms with van der Waals surface area (Å²) >= 11 is 0. The third-order valence-corrected chi connectivity index (χ3v) is 1.76. The van der Waals surface area contributed by atoms with Crippen LogP contribution in [0.25, 0.3) is 0 Å². The monoisotopic (exact) mass is 225 g/mol. The van der Waals surface area contributed by atoms with Gasteiger partial charge in [-0.25, -0.2) is 13.2 Å². The van der Waals surface area contributed by atoms with Gasteiger partial charge in [-0.2, -0.15) is 0 Å². The van der Waals surface area contributed by atoms with Crippen LogP contribution in [-0.4, -0.2) is 0 Å². The zero-order valence-electron chi connectivity index (χ0n) is 7.51. The molecule has 1 aromatic carbocycles. The summed E-state index contributed by atoms with van der Waals surface area (Å²) in [7, 11) is 0. The van der Waals surface area contributed by atoms with Crippen LogP contribution >= 0.6 is 12.4 Å². The number of hydrogen-bond acceptors (Lipinski definition) is 1. The topological polar surface area (TPSA) is 26.0 Å². The first-order valence-electron chi connectivity index (χ1n) is 3.85. The van der Waals surface area contributed by atoms with Crippen molar-refractivity contribution in [2.24, 2.45) is 5.73 Å². The minimum atomic E-state index is -2.59. The highest BCUT2D eigenvalue weighted by molar-refractivity contribution is 5.85. The number of hydrogen-bond donors (Lipinski definition) is 1. The lowest BCUT2D eigenvalue weighted by Crippen LogP contribution is -2.08. The number of benzene rings is 1. The molecule has 1 aromatic rings. The first kappa shape index (κ1) is 13.3. The van der Waals surface area contributed by atoms with Crippen LogP contribution in [0, 0.1) is 5.82 Å². The second-order valence-corrected chi connectivity index (χ2v) is 2.87. The molecule has 0 amide bonds. The number of alkyl halides is 2. The van der Waals surface area contributed by atoms with Crippen LogP contribution in [0.4, 0.5) is 13.2 Å². The van der Waals surface area contributed by atoms with Crippen molar-refractivity contribution in [3.05, 3.63) is 35.1 Å². The highest BCUT2D eigenvalue weighted by Gasteiger charge is 2.12. The Morgan fingerprint density at radius 2 is 1.86 bits per heavy atom. The largest absolute Gasteiger partial charge is 0.324 e. The van der Waals surface area contributed by atoms with Crippen molar-refractivity contribution in [3.63, 3.8) is 0 Å². The Labute approximate surface area is 86.5 Å². The average molecular weight is 226 g/mol. The van der Waals surface area contributed by atoms with Gasteiger partial charge in [0.2, 0.25) is 0 Å². The fraction of sp³-hybridized carbons (Fsp3) is 0.333. The molecule has 0 fully saturated rings. The van der Waals surface area contributed by atoms with Gasteiger partial charge in [0, 0.05) is 17.2 Å². The molecule has 0 bridgehead atoms. The highest BCUT2D eigenvalue weighted by atomic mass is 35.5. The molecule has 0 aliphatic rings. The molecule has 5 heteroatoms. The van der Waals surface area contributed by atoms with Gasteiger partial charge in [0.05, 0.1) is 0 Å². The van der Waals surface area contributed by atoms with E-state index in [9.17, 15) is 13.2 Å². The van der Waals surface area contributed by atoms with Crippen LogP contribution in [0.1, 0.15) is 30.5 Å². The zero-order chi connectivity index (χ0) is 10.0. The second kappa shape index (κ2) is 5.22. The van der Waals surface area contributed by atoms with Gasteiger partial charge < -0.3 is 5.73 Å². The van der Waals surface area contributed by atoms with E-state index in [0.717, 1.165) is 18.2 Å². The molecule has 0 aromatic heterocycles. The summed E-state index contributed by atoms with van der Waals surface area (Å²) in [6.45, 7) is 1.55. The summed E-state index contributed by atoms with van der Waals surface area (Å²) in [5, 5.41) is 0. The fourth-order valence-corrected chi connectivity index (χ4v) is 1.05. The van der Waals surface area contributed by atoms with Crippen LogP contribution in [0.5, 0.6) is 0 Å². The second-order valence-electron chi connectivity index (χ2n) is 2.87. The summed E-state index contributed by atoms with van der Waals surface area (Å²) in [5.74, 6) is -0.542. The Balaban J connectivity index is 0.00000169. The van der Waals surface area contributed by atoms with Gasteiger partial charge in [0.25, 0.3) is 6.43 Å². The SMILES string of the molecule is C[C@H](N)c1cc(C(F)F)ccc1F.Cl. The lowest BCUT2D eigenvalue weighted by Gasteiger charge is -2.08. The minimum absolute atomic E-state index is 0. The lowest BCUT2D eigenvalue weighted by molar-refractivity contribution is 0.151. The van der Waals surface area contributed by atoms with Gasteiger partial charge in [-0.15, -0.1) is 12.4 Å². The van der Waals surface area contributed by atoms with E-state index in [1.165, 1.54) is 0 Å². The lowest BCUT2D eigenvalue weighted by atomic mass is 10.1. The van der Waals surface area contributed by atoms with Crippen LogP contribution in [0.2, 0.25) is 0 Å². The van der Waals surface area contributed by atoms with E-state index in [2.05, 4.69) is 0 Å². The molecule has 0 aliphatic carbocycles. The van der Waals surface area contributed by atoms with Gasteiger partial charge >= 0.3 is 0 Å². The normalized spacial score (nSPS) is 12.4. The Morgan fingerprint density at radius 3 is 2.29 bits per heavy atom. The van der Waals surface area contributed by atoms with Crippen LogP contribution in [0.3, 0.4) is 0 Å². The minimum Gasteiger partial charge on any atom is -0.324 e. The van der Waals surface area contributed by atoms with E-state index in [1.807, 2.05) is 0 Å². The Morgan fingerprint density at radius 1 is 1.29 bits per heavy atom. The van der Waals surface area contributed by atoms with Gasteiger partial charge in [0.1, 0.15) is 5.82 Å². The maximum atomic E-state index is 13.0. The summed E-state index contributed by atoms with van der Waals surface area (Å²) in [5.41, 5.74) is 5.32. The van der Waals surface area contributed by atoms with Gasteiger partial charge in [-0.1, -0.05) is 6.07 Å². The fourth-order valence-electron chi connectivity index (χ4n) is 1.05. The van der Waals surface area contributed by atoms with E-state index >= 15 is 0 Å². The maximum Gasteiger partial charge on any atom is 0.263 e. The zero-order valence-corrected chi connectivity index (χ0v) is 8.32. The average Bonchev–Trinajstić information content (AvgIpc) is 2.04. The van der Waals surface area contributed by atoms with Gasteiger partial charge in [-0.05, 0) is 19.1 Å². The van der Waals surface area contributed by atoms with E-state index in [1.54, 1.807) is 6.92 Å².